The van der Waals surface area contributed by atoms with Crippen LogP contribution in [0, 0.1) is 0 Å². The summed E-state index contributed by atoms with van der Waals surface area (Å²) in [4.78, 5) is 54.1. The van der Waals surface area contributed by atoms with Gasteiger partial charge in [0.15, 0.2) is 0 Å². The van der Waals surface area contributed by atoms with Crippen molar-refractivity contribution in [2.75, 3.05) is 32.2 Å². The highest BCUT2D eigenvalue weighted by Gasteiger charge is 2.39. The van der Waals surface area contributed by atoms with Gasteiger partial charge in [-0.2, -0.15) is 0 Å². The number of carbonyl (C=O) groups is 4. The van der Waals surface area contributed by atoms with Crippen LogP contribution in [0.5, 0.6) is 0 Å². The Hall–Kier alpha value is -5.82. The SMILES string of the molecule is C=C(N[C@@H](C)C(=O)N[C@@H](CC(=O)NC(c1ccccc1)(c1ccccc1)c1ccccc1)C(=O)Nc1ccc(CO)cc1)[C@H](C)NC(=O)COCCOC. The predicted molar refractivity (Wildman–Crippen MR) is 207 cm³/mol. The van der Waals surface area contributed by atoms with E-state index in [2.05, 4.69) is 33.2 Å². The van der Waals surface area contributed by atoms with E-state index in [1.807, 2.05) is 91.0 Å². The van der Waals surface area contributed by atoms with Gasteiger partial charge in [0.2, 0.25) is 23.6 Å². The van der Waals surface area contributed by atoms with Gasteiger partial charge in [-0.15, -0.1) is 0 Å². The Morgan fingerprint density at radius 2 is 1.22 bits per heavy atom. The maximum atomic E-state index is 14.3. The quantitative estimate of drug-likeness (QED) is 0.0590. The molecule has 4 amide bonds. The van der Waals surface area contributed by atoms with E-state index in [4.69, 9.17) is 9.47 Å². The second kappa shape index (κ2) is 20.4. The third kappa shape index (κ3) is 11.3. The van der Waals surface area contributed by atoms with Crippen molar-refractivity contribution in [2.24, 2.45) is 0 Å². The van der Waals surface area contributed by atoms with Crippen LogP contribution in [0.4, 0.5) is 5.69 Å². The number of aliphatic hydroxyl groups excluding tert-OH is 1. The molecule has 0 saturated carbocycles. The fraction of sp³-hybridized carbons (Fsp3) is 0.286. The van der Waals surface area contributed by atoms with E-state index >= 15 is 0 Å². The first-order valence-electron chi connectivity index (χ1n) is 17.7. The van der Waals surface area contributed by atoms with Gasteiger partial charge in [-0.1, -0.05) is 110 Å². The van der Waals surface area contributed by atoms with Crippen LogP contribution in [0.25, 0.3) is 0 Å². The molecule has 0 unspecified atom stereocenters. The van der Waals surface area contributed by atoms with Crippen LogP contribution in [0.2, 0.25) is 0 Å². The van der Waals surface area contributed by atoms with Crippen LogP contribution in [-0.2, 0) is 40.8 Å². The maximum absolute atomic E-state index is 14.3. The van der Waals surface area contributed by atoms with Crippen LogP contribution in [-0.4, -0.2) is 73.8 Å². The van der Waals surface area contributed by atoms with Crippen LogP contribution >= 0.6 is 0 Å². The first kappa shape index (κ1) is 40.9. The second-order valence-corrected chi connectivity index (χ2v) is 12.7. The standard InChI is InChI=1S/C42H49N5O7/c1-29(30(2)44-39(50)28-54-25-24-53-4)43-31(3)40(51)46-37(41(52)45-36-22-20-32(27-48)21-23-36)26-38(49)47-42(33-14-8-5-9-15-33,34-16-10-6-11-17-34)35-18-12-7-13-19-35/h5-23,30-31,37,43,48H,1,24-28H2,2-4H3,(H,44,50)(H,45,52)(H,46,51)(H,47,49)/t30-,31-,37-/m0/s1. The lowest BCUT2D eigenvalue weighted by atomic mass is 9.77. The van der Waals surface area contributed by atoms with E-state index in [1.54, 1.807) is 38.1 Å². The lowest BCUT2D eigenvalue weighted by Crippen LogP contribution is -2.54. The third-order valence-electron chi connectivity index (χ3n) is 8.73. The molecule has 4 aromatic rings. The maximum Gasteiger partial charge on any atom is 0.247 e. The molecule has 284 valence electrons. The highest BCUT2D eigenvalue weighted by atomic mass is 16.5. The average molecular weight is 736 g/mol. The number of benzene rings is 4. The highest BCUT2D eigenvalue weighted by molar-refractivity contribution is 6.00. The number of amides is 4. The molecule has 0 aliphatic rings. The molecule has 0 aliphatic heterocycles. The molecule has 4 rings (SSSR count). The summed E-state index contributed by atoms with van der Waals surface area (Å²) in [6, 6.07) is 32.4. The van der Waals surface area contributed by atoms with E-state index in [9.17, 15) is 24.3 Å². The number of methoxy groups -OCH3 is 1. The normalized spacial score (nSPS) is 12.7. The van der Waals surface area contributed by atoms with E-state index in [0.717, 1.165) is 16.7 Å². The number of hydrogen-bond acceptors (Lipinski definition) is 8. The van der Waals surface area contributed by atoms with Crippen LogP contribution in [0.1, 0.15) is 42.5 Å². The van der Waals surface area contributed by atoms with Gasteiger partial charge in [0, 0.05) is 18.5 Å². The Kier molecular flexibility index (Phi) is 15.5. The Labute approximate surface area is 316 Å². The molecule has 0 radical (unpaired) electrons. The van der Waals surface area contributed by atoms with Crippen molar-refractivity contribution in [1.82, 2.24) is 21.3 Å². The Morgan fingerprint density at radius 1 is 0.685 bits per heavy atom. The van der Waals surface area contributed by atoms with Crippen molar-refractivity contribution in [3.8, 4) is 0 Å². The smallest absolute Gasteiger partial charge is 0.247 e. The molecule has 0 aromatic heterocycles. The van der Waals surface area contributed by atoms with Crippen LogP contribution in [0.3, 0.4) is 0 Å². The van der Waals surface area contributed by atoms with E-state index < -0.39 is 47.8 Å². The van der Waals surface area contributed by atoms with Crippen molar-refractivity contribution in [3.05, 3.63) is 150 Å². The minimum Gasteiger partial charge on any atom is -0.392 e. The summed E-state index contributed by atoms with van der Waals surface area (Å²) in [5.41, 5.74) is 2.66. The van der Waals surface area contributed by atoms with Gasteiger partial charge in [0.25, 0.3) is 0 Å². The van der Waals surface area contributed by atoms with Gasteiger partial charge in [-0.25, -0.2) is 0 Å². The molecule has 0 saturated heterocycles. The van der Waals surface area contributed by atoms with Crippen molar-refractivity contribution >= 4 is 29.3 Å². The monoisotopic (exact) mass is 735 g/mol. The number of anilines is 1. The number of rotatable bonds is 20. The molecule has 3 atom stereocenters. The van der Waals surface area contributed by atoms with E-state index in [-0.39, 0.29) is 25.7 Å². The van der Waals surface area contributed by atoms with Crippen molar-refractivity contribution in [2.45, 2.75) is 50.5 Å². The largest absolute Gasteiger partial charge is 0.392 e. The lowest BCUT2D eigenvalue weighted by molar-refractivity contribution is -0.130. The summed E-state index contributed by atoms with van der Waals surface area (Å²) >= 11 is 0. The molecule has 0 fully saturated rings. The van der Waals surface area contributed by atoms with Gasteiger partial charge < -0.3 is 41.2 Å². The van der Waals surface area contributed by atoms with Crippen molar-refractivity contribution < 1.29 is 33.8 Å². The van der Waals surface area contributed by atoms with Crippen LogP contribution in [0.15, 0.2) is 128 Å². The molecule has 4 aromatic carbocycles. The molecule has 0 spiro atoms. The Morgan fingerprint density at radius 3 is 1.72 bits per heavy atom. The Balaban J connectivity index is 1.57. The summed E-state index contributed by atoms with van der Waals surface area (Å²) in [6.45, 7) is 7.54. The fourth-order valence-electron chi connectivity index (χ4n) is 5.80. The van der Waals surface area contributed by atoms with Gasteiger partial charge in [0.05, 0.1) is 32.3 Å². The van der Waals surface area contributed by atoms with Gasteiger partial charge in [0.1, 0.15) is 24.2 Å². The van der Waals surface area contributed by atoms with Crippen LogP contribution < -0.4 is 26.6 Å². The molecule has 12 nitrogen and oxygen atoms in total. The second-order valence-electron chi connectivity index (χ2n) is 12.7. The summed E-state index contributed by atoms with van der Waals surface area (Å²) in [5, 5.41) is 24.0. The van der Waals surface area contributed by atoms with Gasteiger partial charge >= 0.3 is 0 Å². The molecule has 6 N–H and O–H groups in total. The lowest BCUT2D eigenvalue weighted by Gasteiger charge is -2.37. The number of hydrogen-bond donors (Lipinski definition) is 6. The fourth-order valence-corrected chi connectivity index (χ4v) is 5.80. The molecule has 0 heterocycles. The van der Waals surface area contributed by atoms with Gasteiger partial charge in [-0.3, -0.25) is 19.2 Å². The first-order valence-corrected chi connectivity index (χ1v) is 17.7. The minimum atomic E-state index is -1.31. The van der Waals surface area contributed by atoms with Crippen molar-refractivity contribution in [1.29, 1.82) is 0 Å². The number of nitrogens with one attached hydrogen (secondary N) is 5. The molecule has 0 bridgehead atoms. The van der Waals surface area contributed by atoms with Crippen molar-refractivity contribution in [3.63, 3.8) is 0 Å². The number of ether oxygens (including phenoxy) is 2. The summed E-state index contributed by atoms with van der Waals surface area (Å²) in [7, 11) is 1.54. The zero-order chi connectivity index (χ0) is 38.9. The summed E-state index contributed by atoms with van der Waals surface area (Å²) < 4.78 is 10.2. The zero-order valence-electron chi connectivity index (χ0n) is 30.8. The summed E-state index contributed by atoms with van der Waals surface area (Å²) in [6.07, 6.45) is -0.413. The topological polar surface area (TPSA) is 167 Å². The molecule has 12 heteroatoms. The molecule has 54 heavy (non-hydrogen) atoms. The number of aliphatic hydroxyl groups is 1. The summed E-state index contributed by atoms with van der Waals surface area (Å²) in [5.74, 6) is -2.08. The van der Waals surface area contributed by atoms with Gasteiger partial charge in [-0.05, 0) is 48.2 Å². The first-order chi connectivity index (χ1) is 26.1. The Bertz CT molecular complexity index is 1730. The number of carbonyl (C=O) groups excluding carboxylic acids is 4. The molecular formula is C42H49N5O7. The average Bonchev–Trinajstić information content (AvgIpc) is 3.19. The minimum absolute atomic E-state index is 0.167. The molecular weight excluding hydrogens is 686 g/mol. The molecule has 0 aliphatic carbocycles. The third-order valence-corrected chi connectivity index (χ3v) is 8.73. The predicted octanol–water partition coefficient (Wildman–Crippen LogP) is 3.76. The van der Waals surface area contributed by atoms with E-state index in [0.29, 0.717) is 23.6 Å². The highest BCUT2D eigenvalue weighted by Crippen LogP contribution is 2.37. The zero-order valence-corrected chi connectivity index (χ0v) is 30.8. The van der Waals surface area contributed by atoms with E-state index in [1.165, 1.54) is 7.11 Å².